The molecule has 1 aliphatic rings. The number of hydrogen-bond donors (Lipinski definition) is 3. The molecule has 1 amide bonds. The Morgan fingerprint density at radius 2 is 2.16 bits per heavy atom. The van der Waals surface area contributed by atoms with Gasteiger partial charge in [0.15, 0.2) is 5.43 Å². The zero-order valence-electron chi connectivity index (χ0n) is 10.6. The van der Waals surface area contributed by atoms with E-state index < -0.39 is 17.8 Å². The lowest BCUT2D eigenvalue weighted by molar-refractivity contribution is -0.141. The first-order chi connectivity index (χ1) is 8.97. The zero-order valence-corrected chi connectivity index (χ0v) is 10.6. The van der Waals surface area contributed by atoms with Crippen molar-refractivity contribution < 1.29 is 14.7 Å². The Labute approximate surface area is 109 Å². The number of H-pyrrole nitrogens is 1. The second-order valence-corrected chi connectivity index (χ2v) is 4.91. The second-order valence-electron chi connectivity index (χ2n) is 4.91. The third-order valence-corrected chi connectivity index (χ3v) is 3.42. The number of aromatic amines is 1. The maximum absolute atomic E-state index is 11.9. The number of amides is 1. The smallest absolute Gasteiger partial charge is 0.306 e. The molecule has 1 saturated carbocycles. The fourth-order valence-corrected chi connectivity index (χ4v) is 2.35. The number of carbonyl (C=O) groups is 2. The van der Waals surface area contributed by atoms with Crippen LogP contribution in [0.15, 0.2) is 17.1 Å². The van der Waals surface area contributed by atoms with Crippen LogP contribution in [0.2, 0.25) is 0 Å². The summed E-state index contributed by atoms with van der Waals surface area (Å²) in [7, 11) is 0. The van der Waals surface area contributed by atoms with Gasteiger partial charge >= 0.3 is 5.97 Å². The van der Waals surface area contributed by atoms with E-state index in [2.05, 4.69) is 10.3 Å². The summed E-state index contributed by atoms with van der Waals surface area (Å²) in [6.07, 6.45) is 3.00. The minimum atomic E-state index is -0.829. The quantitative estimate of drug-likeness (QED) is 0.747. The molecule has 3 N–H and O–H groups in total. The molecule has 1 heterocycles. The van der Waals surface area contributed by atoms with Gasteiger partial charge in [-0.05, 0) is 26.2 Å². The average molecular weight is 264 g/mol. The number of carboxylic acids is 1. The van der Waals surface area contributed by atoms with Crippen LogP contribution in [0, 0.1) is 12.8 Å². The summed E-state index contributed by atoms with van der Waals surface area (Å²) in [5, 5.41) is 11.6. The molecule has 102 valence electrons. The van der Waals surface area contributed by atoms with Gasteiger partial charge in [0, 0.05) is 24.0 Å². The maximum atomic E-state index is 11.9. The van der Waals surface area contributed by atoms with E-state index in [1.807, 2.05) is 0 Å². The number of pyridine rings is 1. The van der Waals surface area contributed by atoms with E-state index in [0.717, 1.165) is 0 Å². The van der Waals surface area contributed by atoms with Crippen molar-refractivity contribution in [2.75, 3.05) is 0 Å². The van der Waals surface area contributed by atoms with Gasteiger partial charge in [-0.2, -0.15) is 0 Å². The van der Waals surface area contributed by atoms with Gasteiger partial charge in [-0.15, -0.1) is 0 Å². The normalized spacial score (nSPS) is 22.2. The largest absolute Gasteiger partial charge is 0.481 e. The van der Waals surface area contributed by atoms with Crippen LogP contribution in [0.3, 0.4) is 0 Å². The second kappa shape index (κ2) is 5.26. The number of aliphatic carboxylic acids is 1. The number of hydrogen-bond acceptors (Lipinski definition) is 3. The van der Waals surface area contributed by atoms with Gasteiger partial charge in [0.05, 0.1) is 5.92 Å². The van der Waals surface area contributed by atoms with E-state index in [1.54, 1.807) is 6.92 Å². The van der Waals surface area contributed by atoms with Crippen molar-refractivity contribution in [1.29, 1.82) is 0 Å². The predicted octanol–water partition coefficient (Wildman–Crippen LogP) is 0.666. The van der Waals surface area contributed by atoms with Crippen LogP contribution in [0.1, 0.15) is 35.3 Å². The van der Waals surface area contributed by atoms with Gasteiger partial charge in [0.25, 0.3) is 5.91 Å². The Bertz CT molecular complexity index is 564. The molecule has 2 rings (SSSR count). The molecule has 0 unspecified atom stereocenters. The van der Waals surface area contributed by atoms with Gasteiger partial charge in [0.2, 0.25) is 0 Å². The minimum absolute atomic E-state index is 0.0596. The SMILES string of the molecule is Cc1cc(=O)c(C(=O)N[C@H]2CC[C@@H](C(=O)O)C2)c[nH]1. The Morgan fingerprint density at radius 1 is 1.42 bits per heavy atom. The van der Waals surface area contributed by atoms with Crippen molar-refractivity contribution >= 4 is 11.9 Å². The highest BCUT2D eigenvalue weighted by Crippen LogP contribution is 2.25. The Kier molecular flexibility index (Phi) is 3.69. The molecule has 0 aromatic carbocycles. The Morgan fingerprint density at radius 3 is 2.74 bits per heavy atom. The van der Waals surface area contributed by atoms with Crippen molar-refractivity contribution in [3.05, 3.63) is 33.7 Å². The molecular weight excluding hydrogens is 248 g/mol. The summed E-state index contributed by atoms with van der Waals surface area (Å²) in [6, 6.07) is 1.19. The van der Waals surface area contributed by atoms with Crippen molar-refractivity contribution in [1.82, 2.24) is 10.3 Å². The van der Waals surface area contributed by atoms with Gasteiger partial charge in [-0.3, -0.25) is 14.4 Å². The highest BCUT2D eigenvalue weighted by molar-refractivity contribution is 5.94. The van der Waals surface area contributed by atoms with E-state index in [4.69, 9.17) is 5.11 Å². The number of carboxylic acid groups (broad SMARTS) is 1. The Balaban J connectivity index is 2.02. The monoisotopic (exact) mass is 264 g/mol. The minimum Gasteiger partial charge on any atom is -0.481 e. The first-order valence-corrected chi connectivity index (χ1v) is 6.20. The lowest BCUT2D eigenvalue weighted by Gasteiger charge is -2.12. The number of rotatable bonds is 3. The summed E-state index contributed by atoms with van der Waals surface area (Å²) in [5.41, 5.74) is 0.416. The van der Waals surface area contributed by atoms with Crippen LogP contribution >= 0.6 is 0 Å². The van der Waals surface area contributed by atoms with Gasteiger partial charge in [-0.25, -0.2) is 0 Å². The topological polar surface area (TPSA) is 99.3 Å². The van der Waals surface area contributed by atoms with E-state index in [1.165, 1.54) is 12.3 Å². The zero-order chi connectivity index (χ0) is 14.0. The fraction of sp³-hybridized carbons (Fsp3) is 0.462. The molecule has 0 radical (unpaired) electrons. The molecular formula is C13H16N2O4. The van der Waals surface area contributed by atoms with Crippen LogP contribution in [-0.2, 0) is 4.79 Å². The lowest BCUT2D eigenvalue weighted by atomic mass is 10.1. The molecule has 0 spiro atoms. The maximum Gasteiger partial charge on any atom is 0.306 e. The number of aryl methyl sites for hydroxylation is 1. The molecule has 1 aliphatic carbocycles. The number of aromatic nitrogens is 1. The van der Waals surface area contributed by atoms with E-state index in [-0.39, 0.29) is 17.0 Å². The molecule has 6 heteroatoms. The molecule has 6 nitrogen and oxygen atoms in total. The van der Waals surface area contributed by atoms with E-state index >= 15 is 0 Å². The summed E-state index contributed by atoms with van der Waals surface area (Å²) < 4.78 is 0. The number of nitrogens with one attached hydrogen (secondary N) is 2. The van der Waals surface area contributed by atoms with Gasteiger partial charge in [0.1, 0.15) is 5.56 Å². The summed E-state index contributed by atoms with van der Waals surface area (Å²) in [5.74, 6) is -1.68. The first kappa shape index (κ1) is 13.3. The third-order valence-electron chi connectivity index (χ3n) is 3.42. The van der Waals surface area contributed by atoms with Gasteiger partial charge < -0.3 is 15.4 Å². The highest BCUT2D eigenvalue weighted by atomic mass is 16.4. The Hall–Kier alpha value is -2.11. The van der Waals surface area contributed by atoms with Crippen molar-refractivity contribution in [2.24, 2.45) is 5.92 Å². The average Bonchev–Trinajstić information content (AvgIpc) is 2.77. The third kappa shape index (κ3) is 3.01. The van der Waals surface area contributed by atoms with Gasteiger partial charge in [-0.1, -0.05) is 0 Å². The van der Waals surface area contributed by atoms with Crippen LogP contribution < -0.4 is 10.7 Å². The van der Waals surface area contributed by atoms with Crippen LogP contribution in [0.5, 0.6) is 0 Å². The van der Waals surface area contributed by atoms with E-state index in [9.17, 15) is 14.4 Å². The molecule has 19 heavy (non-hydrogen) atoms. The molecule has 0 aliphatic heterocycles. The molecule has 1 fully saturated rings. The highest BCUT2D eigenvalue weighted by Gasteiger charge is 2.30. The van der Waals surface area contributed by atoms with Crippen molar-refractivity contribution in [3.8, 4) is 0 Å². The summed E-state index contributed by atoms with van der Waals surface area (Å²) in [4.78, 5) is 37.2. The van der Waals surface area contributed by atoms with Crippen molar-refractivity contribution in [2.45, 2.75) is 32.2 Å². The summed E-state index contributed by atoms with van der Waals surface area (Å²) in [6.45, 7) is 1.73. The summed E-state index contributed by atoms with van der Waals surface area (Å²) >= 11 is 0. The number of carbonyl (C=O) groups excluding carboxylic acids is 1. The van der Waals surface area contributed by atoms with Crippen LogP contribution in [0.4, 0.5) is 0 Å². The van der Waals surface area contributed by atoms with Crippen LogP contribution in [-0.4, -0.2) is 28.0 Å². The predicted molar refractivity (Wildman–Crippen MR) is 68.0 cm³/mol. The molecule has 0 bridgehead atoms. The molecule has 0 saturated heterocycles. The first-order valence-electron chi connectivity index (χ1n) is 6.20. The lowest BCUT2D eigenvalue weighted by Crippen LogP contribution is -2.36. The fourth-order valence-electron chi connectivity index (χ4n) is 2.35. The molecule has 2 atom stereocenters. The van der Waals surface area contributed by atoms with Crippen molar-refractivity contribution in [3.63, 3.8) is 0 Å². The van der Waals surface area contributed by atoms with Crippen LogP contribution in [0.25, 0.3) is 0 Å². The molecule has 1 aromatic heterocycles. The standard InChI is InChI=1S/C13H16N2O4/c1-7-4-11(16)10(6-14-7)12(17)15-9-3-2-8(5-9)13(18)19/h4,6,8-9H,2-3,5H2,1H3,(H,14,16)(H,15,17)(H,18,19)/t8-,9+/m1/s1. The van der Waals surface area contributed by atoms with E-state index in [0.29, 0.717) is 25.0 Å². The molecule has 1 aromatic rings.